The summed E-state index contributed by atoms with van der Waals surface area (Å²) in [7, 11) is 0. The van der Waals surface area contributed by atoms with Crippen molar-refractivity contribution in [3.05, 3.63) is 28.8 Å². The minimum absolute atomic E-state index is 0.380. The van der Waals surface area contributed by atoms with Crippen molar-refractivity contribution < 1.29 is 4.74 Å². The maximum atomic E-state index is 6.08. The molecule has 3 heteroatoms. The summed E-state index contributed by atoms with van der Waals surface area (Å²) in [5.41, 5.74) is 6.47. The molecule has 1 aromatic carbocycles. The van der Waals surface area contributed by atoms with Crippen LogP contribution in [0.5, 0.6) is 5.75 Å². The molecule has 70 valence electrons. The molecular formula is C10H12ClNO. The number of halogens is 1. The van der Waals surface area contributed by atoms with Crippen LogP contribution in [-0.2, 0) is 6.54 Å². The van der Waals surface area contributed by atoms with Crippen molar-refractivity contribution >= 4 is 11.6 Å². The van der Waals surface area contributed by atoms with Gasteiger partial charge in [0.15, 0.2) is 0 Å². The maximum Gasteiger partial charge on any atom is 0.138 e. The van der Waals surface area contributed by atoms with Crippen LogP contribution in [0, 0.1) is 0 Å². The number of hydrogen-bond acceptors (Lipinski definition) is 2. The molecule has 0 spiro atoms. The number of benzene rings is 1. The molecule has 1 aromatic rings. The average molecular weight is 198 g/mol. The topological polar surface area (TPSA) is 35.2 Å². The third-order valence-corrected chi connectivity index (χ3v) is 2.51. The van der Waals surface area contributed by atoms with Crippen LogP contribution >= 0.6 is 11.6 Å². The van der Waals surface area contributed by atoms with Gasteiger partial charge in [0.2, 0.25) is 0 Å². The molecule has 2 nitrogen and oxygen atoms in total. The first-order valence-electron chi connectivity index (χ1n) is 4.45. The molecule has 0 aromatic heterocycles. The molecule has 0 heterocycles. The Hall–Kier alpha value is -0.730. The minimum Gasteiger partial charge on any atom is -0.489 e. The van der Waals surface area contributed by atoms with Crippen LogP contribution < -0.4 is 10.5 Å². The van der Waals surface area contributed by atoms with E-state index in [0.717, 1.165) is 24.2 Å². The van der Waals surface area contributed by atoms with E-state index >= 15 is 0 Å². The molecule has 0 atom stereocenters. The first kappa shape index (κ1) is 8.85. The van der Waals surface area contributed by atoms with Gasteiger partial charge in [0.25, 0.3) is 0 Å². The van der Waals surface area contributed by atoms with Gasteiger partial charge in [-0.05, 0) is 24.5 Å². The fourth-order valence-electron chi connectivity index (χ4n) is 1.17. The summed E-state index contributed by atoms with van der Waals surface area (Å²) in [6.07, 6.45) is 2.66. The number of ether oxygens (including phenoxy) is 1. The van der Waals surface area contributed by atoms with E-state index in [9.17, 15) is 0 Å². The van der Waals surface area contributed by atoms with Crippen LogP contribution in [0.2, 0.25) is 5.02 Å². The van der Waals surface area contributed by atoms with Crippen molar-refractivity contribution in [2.45, 2.75) is 25.5 Å². The van der Waals surface area contributed by atoms with E-state index in [-0.39, 0.29) is 0 Å². The fourth-order valence-corrected chi connectivity index (χ4v) is 1.42. The van der Waals surface area contributed by atoms with Crippen molar-refractivity contribution in [1.82, 2.24) is 0 Å². The summed E-state index contributed by atoms with van der Waals surface area (Å²) in [5, 5.41) is 0.664. The number of nitrogens with two attached hydrogens (primary N) is 1. The largest absolute Gasteiger partial charge is 0.489 e. The predicted octanol–water partition coefficient (Wildman–Crippen LogP) is 2.34. The van der Waals surface area contributed by atoms with Gasteiger partial charge in [0.05, 0.1) is 11.1 Å². The maximum absolute atomic E-state index is 6.08. The van der Waals surface area contributed by atoms with Gasteiger partial charge in [-0.3, -0.25) is 0 Å². The summed E-state index contributed by atoms with van der Waals surface area (Å²) in [6.45, 7) is 0.459. The molecule has 0 unspecified atom stereocenters. The molecule has 2 rings (SSSR count). The van der Waals surface area contributed by atoms with Crippen LogP contribution in [-0.4, -0.2) is 6.10 Å². The van der Waals surface area contributed by atoms with E-state index in [2.05, 4.69) is 0 Å². The Morgan fingerprint density at radius 1 is 1.46 bits per heavy atom. The first-order chi connectivity index (χ1) is 6.31. The van der Waals surface area contributed by atoms with Crippen molar-refractivity contribution in [2.24, 2.45) is 5.73 Å². The van der Waals surface area contributed by atoms with Gasteiger partial charge in [-0.15, -0.1) is 0 Å². The van der Waals surface area contributed by atoms with Crippen LogP contribution in [0.25, 0.3) is 0 Å². The van der Waals surface area contributed by atoms with E-state index in [1.54, 1.807) is 0 Å². The molecular weight excluding hydrogens is 186 g/mol. The zero-order chi connectivity index (χ0) is 9.26. The van der Waals surface area contributed by atoms with Gasteiger partial charge in [-0.25, -0.2) is 0 Å². The van der Waals surface area contributed by atoms with Crippen LogP contribution in [0.15, 0.2) is 18.2 Å². The van der Waals surface area contributed by atoms with Gasteiger partial charge >= 0.3 is 0 Å². The zero-order valence-electron chi connectivity index (χ0n) is 7.29. The SMILES string of the molecule is NCc1cccc(OC2CC2)c1Cl. The summed E-state index contributed by atoms with van der Waals surface area (Å²) >= 11 is 6.08. The van der Waals surface area contributed by atoms with Crippen molar-refractivity contribution in [3.8, 4) is 5.75 Å². The van der Waals surface area contributed by atoms with E-state index in [4.69, 9.17) is 22.1 Å². The number of rotatable bonds is 3. The second-order valence-corrected chi connectivity index (χ2v) is 3.63. The highest BCUT2D eigenvalue weighted by Gasteiger charge is 2.24. The molecule has 0 radical (unpaired) electrons. The highest BCUT2D eigenvalue weighted by molar-refractivity contribution is 6.32. The lowest BCUT2D eigenvalue weighted by atomic mass is 10.2. The summed E-state index contributed by atoms with van der Waals surface area (Å²) in [5.74, 6) is 0.770. The molecule has 13 heavy (non-hydrogen) atoms. The van der Waals surface area contributed by atoms with E-state index in [0.29, 0.717) is 17.7 Å². The van der Waals surface area contributed by atoms with Crippen molar-refractivity contribution in [2.75, 3.05) is 0 Å². The van der Waals surface area contributed by atoms with Gasteiger partial charge < -0.3 is 10.5 Å². The average Bonchev–Trinajstić information content (AvgIpc) is 2.92. The first-order valence-corrected chi connectivity index (χ1v) is 4.83. The lowest BCUT2D eigenvalue weighted by molar-refractivity contribution is 0.303. The zero-order valence-corrected chi connectivity index (χ0v) is 8.05. The van der Waals surface area contributed by atoms with Crippen LogP contribution in [0.3, 0.4) is 0 Å². The summed E-state index contributed by atoms with van der Waals surface area (Å²) in [6, 6.07) is 5.73. The van der Waals surface area contributed by atoms with Gasteiger partial charge in [-0.2, -0.15) is 0 Å². The normalized spacial score (nSPS) is 15.8. The molecule has 1 saturated carbocycles. The Labute approximate surface area is 82.6 Å². The monoisotopic (exact) mass is 197 g/mol. The Morgan fingerprint density at radius 2 is 2.23 bits per heavy atom. The Kier molecular flexibility index (Phi) is 2.42. The second-order valence-electron chi connectivity index (χ2n) is 3.25. The second kappa shape index (κ2) is 3.56. The standard InChI is InChI=1S/C10H12ClNO/c11-10-7(6-12)2-1-3-9(10)13-8-4-5-8/h1-3,8H,4-6,12H2. The molecule has 0 amide bonds. The summed E-state index contributed by atoms with van der Waals surface area (Å²) < 4.78 is 5.61. The summed E-state index contributed by atoms with van der Waals surface area (Å²) in [4.78, 5) is 0. The van der Waals surface area contributed by atoms with E-state index in [1.165, 1.54) is 0 Å². The third kappa shape index (κ3) is 1.95. The van der Waals surface area contributed by atoms with E-state index < -0.39 is 0 Å². The van der Waals surface area contributed by atoms with Crippen molar-refractivity contribution in [1.29, 1.82) is 0 Å². The van der Waals surface area contributed by atoms with Gasteiger partial charge in [0, 0.05) is 6.54 Å². The molecule has 1 aliphatic carbocycles. The van der Waals surface area contributed by atoms with Crippen LogP contribution in [0.1, 0.15) is 18.4 Å². The number of hydrogen-bond donors (Lipinski definition) is 1. The molecule has 0 saturated heterocycles. The highest BCUT2D eigenvalue weighted by Crippen LogP contribution is 2.33. The highest BCUT2D eigenvalue weighted by atomic mass is 35.5. The Balaban J connectivity index is 2.22. The fraction of sp³-hybridized carbons (Fsp3) is 0.400. The molecule has 0 aliphatic heterocycles. The van der Waals surface area contributed by atoms with Crippen LogP contribution in [0.4, 0.5) is 0 Å². The molecule has 1 fully saturated rings. The molecule has 0 bridgehead atoms. The van der Waals surface area contributed by atoms with E-state index in [1.807, 2.05) is 18.2 Å². The quantitative estimate of drug-likeness (QED) is 0.808. The lowest BCUT2D eigenvalue weighted by Gasteiger charge is -2.08. The Morgan fingerprint density at radius 3 is 2.85 bits per heavy atom. The van der Waals surface area contributed by atoms with Gasteiger partial charge in [-0.1, -0.05) is 23.7 Å². The lowest BCUT2D eigenvalue weighted by Crippen LogP contribution is -2.01. The Bertz CT molecular complexity index is 310. The third-order valence-electron chi connectivity index (χ3n) is 2.08. The van der Waals surface area contributed by atoms with Gasteiger partial charge in [0.1, 0.15) is 5.75 Å². The molecule has 2 N–H and O–H groups in total. The molecule has 1 aliphatic rings. The minimum atomic E-state index is 0.380. The van der Waals surface area contributed by atoms with Crippen molar-refractivity contribution in [3.63, 3.8) is 0 Å². The predicted molar refractivity (Wildman–Crippen MR) is 53.0 cm³/mol. The smallest absolute Gasteiger partial charge is 0.138 e.